The molecule has 1 aromatic heterocycles. The van der Waals surface area contributed by atoms with E-state index >= 15 is 0 Å². The molecule has 0 bridgehead atoms. The summed E-state index contributed by atoms with van der Waals surface area (Å²) in [5.41, 5.74) is 6.77. The maximum absolute atomic E-state index is 10.9. The fourth-order valence-electron chi connectivity index (χ4n) is 1.52. The molecule has 0 saturated carbocycles. The van der Waals surface area contributed by atoms with Gasteiger partial charge in [-0.25, -0.2) is 0 Å². The van der Waals surface area contributed by atoms with Crippen molar-refractivity contribution in [1.82, 2.24) is 15.5 Å². The Balaban J connectivity index is 1.75. The minimum absolute atomic E-state index is 0.411. The Kier molecular flexibility index (Phi) is 4.03. The van der Waals surface area contributed by atoms with Crippen LogP contribution < -0.4 is 11.1 Å². The van der Waals surface area contributed by atoms with Gasteiger partial charge in [-0.15, -0.1) is 0 Å². The molecule has 2 aromatic rings. The molecule has 1 heterocycles. The monoisotopic (exact) mass is 246 g/mol. The Bertz CT molecular complexity index is 493. The lowest BCUT2D eigenvalue weighted by molar-refractivity contribution is 0.100. The highest BCUT2D eigenvalue weighted by Gasteiger charge is 2.00. The number of hydrogen-bond acceptors (Lipinski definition) is 5. The SMILES string of the molecule is NC(=O)c1ccc(CNCCc2ncno2)cc1. The highest BCUT2D eigenvalue weighted by Crippen LogP contribution is 2.03. The lowest BCUT2D eigenvalue weighted by Gasteiger charge is -2.03. The fraction of sp³-hybridized carbons (Fsp3) is 0.250. The summed E-state index contributed by atoms with van der Waals surface area (Å²) in [6.07, 6.45) is 2.08. The van der Waals surface area contributed by atoms with Crippen molar-refractivity contribution in [2.45, 2.75) is 13.0 Å². The zero-order valence-corrected chi connectivity index (χ0v) is 9.80. The van der Waals surface area contributed by atoms with Crippen LogP contribution in [0.3, 0.4) is 0 Å². The summed E-state index contributed by atoms with van der Waals surface area (Å²) in [6, 6.07) is 7.19. The van der Waals surface area contributed by atoms with Crippen molar-refractivity contribution in [3.63, 3.8) is 0 Å². The number of nitrogens with zero attached hydrogens (tertiary/aromatic N) is 2. The Morgan fingerprint density at radius 1 is 1.33 bits per heavy atom. The van der Waals surface area contributed by atoms with Crippen molar-refractivity contribution < 1.29 is 9.32 Å². The normalized spacial score (nSPS) is 10.4. The van der Waals surface area contributed by atoms with Gasteiger partial charge in [0.1, 0.15) is 0 Å². The predicted octanol–water partition coefficient (Wildman–Crippen LogP) is 0.501. The van der Waals surface area contributed by atoms with Gasteiger partial charge in [0.2, 0.25) is 11.8 Å². The summed E-state index contributed by atoms with van der Waals surface area (Å²) >= 11 is 0. The Labute approximate surface area is 104 Å². The molecule has 0 aliphatic rings. The van der Waals surface area contributed by atoms with Crippen LogP contribution in [0.25, 0.3) is 0 Å². The van der Waals surface area contributed by atoms with Crippen LogP contribution in [0.5, 0.6) is 0 Å². The van der Waals surface area contributed by atoms with Gasteiger partial charge in [-0.3, -0.25) is 4.79 Å². The van der Waals surface area contributed by atoms with Crippen molar-refractivity contribution in [3.05, 3.63) is 47.6 Å². The Morgan fingerprint density at radius 2 is 2.11 bits per heavy atom. The van der Waals surface area contributed by atoms with Crippen molar-refractivity contribution in [1.29, 1.82) is 0 Å². The molecule has 1 amide bonds. The molecule has 3 N–H and O–H groups in total. The topological polar surface area (TPSA) is 94.0 Å². The van der Waals surface area contributed by atoms with Crippen molar-refractivity contribution in [2.24, 2.45) is 5.73 Å². The molecule has 6 heteroatoms. The van der Waals surface area contributed by atoms with Gasteiger partial charge < -0.3 is 15.6 Å². The molecule has 0 saturated heterocycles. The second-order valence-corrected chi connectivity index (χ2v) is 3.82. The zero-order chi connectivity index (χ0) is 12.8. The molecular formula is C12H14N4O2. The van der Waals surface area contributed by atoms with Gasteiger partial charge in [-0.05, 0) is 17.7 Å². The van der Waals surface area contributed by atoms with Crippen molar-refractivity contribution in [2.75, 3.05) is 6.54 Å². The smallest absolute Gasteiger partial charge is 0.248 e. The van der Waals surface area contributed by atoms with Crippen LogP contribution in [0, 0.1) is 0 Å². The maximum Gasteiger partial charge on any atom is 0.248 e. The molecular weight excluding hydrogens is 232 g/mol. The molecule has 0 aliphatic carbocycles. The van der Waals surface area contributed by atoms with Gasteiger partial charge in [0.15, 0.2) is 6.33 Å². The Morgan fingerprint density at radius 3 is 2.72 bits per heavy atom. The zero-order valence-electron chi connectivity index (χ0n) is 9.80. The quantitative estimate of drug-likeness (QED) is 0.724. The number of aromatic nitrogens is 2. The van der Waals surface area contributed by atoms with E-state index in [1.165, 1.54) is 6.33 Å². The number of rotatable bonds is 6. The number of hydrogen-bond donors (Lipinski definition) is 2. The molecule has 0 atom stereocenters. The van der Waals surface area contributed by atoms with Crippen LogP contribution in [0.4, 0.5) is 0 Å². The third-order valence-corrected chi connectivity index (χ3v) is 2.49. The van der Waals surface area contributed by atoms with Crippen LogP contribution >= 0.6 is 0 Å². The van der Waals surface area contributed by atoms with E-state index in [0.717, 1.165) is 12.1 Å². The first kappa shape index (κ1) is 12.3. The molecule has 6 nitrogen and oxygen atoms in total. The number of nitrogens with one attached hydrogen (secondary N) is 1. The largest absolute Gasteiger partial charge is 0.366 e. The van der Waals surface area contributed by atoms with E-state index in [4.69, 9.17) is 10.3 Å². The first-order valence-corrected chi connectivity index (χ1v) is 5.61. The molecule has 0 unspecified atom stereocenters. The number of primary amides is 1. The van der Waals surface area contributed by atoms with Gasteiger partial charge in [0, 0.05) is 25.1 Å². The average Bonchev–Trinajstić information content (AvgIpc) is 2.88. The number of carbonyl (C=O) groups is 1. The van der Waals surface area contributed by atoms with Crippen LogP contribution in [-0.4, -0.2) is 22.6 Å². The summed E-state index contributed by atoms with van der Waals surface area (Å²) in [5, 5.41) is 6.77. The molecule has 2 rings (SSSR count). The van der Waals surface area contributed by atoms with Crippen molar-refractivity contribution in [3.8, 4) is 0 Å². The molecule has 0 aliphatic heterocycles. The minimum atomic E-state index is -0.411. The lowest BCUT2D eigenvalue weighted by Crippen LogP contribution is -2.17. The number of benzene rings is 1. The van der Waals surface area contributed by atoms with Gasteiger partial charge in [0.05, 0.1) is 0 Å². The number of amides is 1. The van der Waals surface area contributed by atoms with Crippen molar-refractivity contribution >= 4 is 5.91 Å². The molecule has 18 heavy (non-hydrogen) atoms. The Hall–Kier alpha value is -2.21. The standard InChI is InChI=1S/C12H14N4O2/c13-12(17)10-3-1-9(2-4-10)7-14-6-5-11-15-8-16-18-11/h1-4,8,14H,5-7H2,(H2,13,17). The first-order chi connectivity index (χ1) is 8.75. The second-order valence-electron chi connectivity index (χ2n) is 3.82. The third-order valence-electron chi connectivity index (χ3n) is 2.49. The third kappa shape index (κ3) is 3.39. The summed E-state index contributed by atoms with van der Waals surface area (Å²) < 4.78 is 4.88. The first-order valence-electron chi connectivity index (χ1n) is 5.61. The van der Waals surface area contributed by atoms with E-state index in [0.29, 0.717) is 24.4 Å². The van der Waals surface area contributed by atoms with Crippen LogP contribution in [0.1, 0.15) is 21.8 Å². The van der Waals surface area contributed by atoms with Crippen LogP contribution in [0.2, 0.25) is 0 Å². The maximum atomic E-state index is 10.9. The fourth-order valence-corrected chi connectivity index (χ4v) is 1.52. The van der Waals surface area contributed by atoms with E-state index in [9.17, 15) is 4.79 Å². The lowest BCUT2D eigenvalue weighted by atomic mass is 10.1. The van der Waals surface area contributed by atoms with E-state index in [-0.39, 0.29) is 0 Å². The second kappa shape index (κ2) is 5.92. The molecule has 0 spiro atoms. The van der Waals surface area contributed by atoms with Gasteiger partial charge >= 0.3 is 0 Å². The average molecular weight is 246 g/mol. The number of nitrogens with two attached hydrogens (primary N) is 1. The van der Waals surface area contributed by atoms with E-state index < -0.39 is 5.91 Å². The summed E-state index contributed by atoms with van der Waals surface area (Å²) in [4.78, 5) is 14.8. The summed E-state index contributed by atoms with van der Waals surface area (Å²) in [7, 11) is 0. The van der Waals surface area contributed by atoms with E-state index in [1.807, 2.05) is 12.1 Å². The molecule has 0 radical (unpaired) electrons. The highest BCUT2D eigenvalue weighted by molar-refractivity contribution is 5.92. The molecule has 94 valence electrons. The number of carbonyl (C=O) groups excluding carboxylic acids is 1. The van der Waals surface area contributed by atoms with Gasteiger partial charge in [-0.2, -0.15) is 4.98 Å². The van der Waals surface area contributed by atoms with Gasteiger partial charge in [0.25, 0.3) is 0 Å². The van der Waals surface area contributed by atoms with Gasteiger partial charge in [-0.1, -0.05) is 17.3 Å². The predicted molar refractivity (Wildman–Crippen MR) is 64.7 cm³/mol. The summed E-state index contributed by atoms with van der Waals surface area (Å²) in [6.45, 7) is 1.47. The molecule has 1 aromatic carbocycles. The van der Waals surface area contributed by atoms with Crippen LogP contribution in [0.15, 0.2) is 35.1 Å². The minimum Gasteiger partial charge on any atom is -0.366 e. The van der Waals surface area contributed by atoms with E-state index in [2.05, 4.69) is 15.5 Å². The van der Waals surface area contributed by atoms with Crippen LogP contribution in [-0.2, 0) is 13.0 Å². The van der Waals surface area contributed by atoms with E-state index in [1.54, 1.807) is 12.1 Å². The highest BCUT2D eigenvalue weighted by atomic mass is 16.5. The molecule has 0 fully saturated rings. The summed E-state index contributed by atoms with van der Waals surface area (Å²) in [5.74, 6) is 0.206.